The molecule has 0 heterocycles. The van der Waals surface area contributed by atoms with Crippen molar-refractivity contribution >= 4 is 5.97 Å². The SMILES string of the molecule is CC1=CCC(OC(=O)c2ccc(O)cc2)C(C)=CC(O)C(C)(C)CCC1. The predicted octanol–water partition coefficient (Wildman–Crippen LogP) is 4.77. The summed E-state index contributed by atoms with van der Waals surface area (Å²) in [6.45, 7) is 8.13. The van der Waals surface area contributed by atoms with Crippen molar-refractivity contribution in [3.05, 3.63) is 53.1 Å². The van der Waals surface area contributed by atoms with Crippen molar-refractivity contribution in [1.29, 1.82) is 0 Å². The molecule has 0 aromatic heterocycles. The van der Waals surface area contributed by atoms with Crippen molar-refractivity contribution in [3.8, 4) is 5.75 Å². The van der Waals surface area contributed by atoms with Gasteiger partial charge in [-0.25, -0.2) is 4.79 Å². The predicted molar refractivity (Wildman–Crippen MR) is 103 cm³/mol. The van der Waals surface area contributed by atoms with Crippen LogP contribution in [0, 0.1) is 5.41 Å². The second kappa shape index (κ2) is 8.54. The second-order valence-corrected chi connectivity index (χ2v) is 7.92. The molecule has 1 aliphatic rings. The van der Waals surface area contributed by atoms with E-state index in [4.69, 9.17) is 4.74 Å². The lowest BCUT2D eigenvalue weighted by Crippen LogP contribution is -2.29. The molecule has 0 fully saturated rings. The Kier molecular flexibility index (Phi) is 6.65. The first kappa shape index (κ1) is 20.2. The van der Waals surface area contributed by atoms with Crippen LogP contribution in [0.2, 0.25) is 0 Å². The molecule has 1 aromatic carbocycles. The molecule has 1 aliphatic carbocycles. The lowest BCUT2D eigenvalue weighted by atomic mass is 9.80. The third-order valence-electron chi connectivity index (χ3n) is 5.15. The molecular weight excluding hydrogens is 328 g/mol. The van der Waals surface area contributed by atoms with E-state index in [-0.39, 0.29) is 11.2 Å². The molecule has 4 heteroatoms. The molecule has 142 valence electrons. The fourth-order valence-corrected chi connectivity index (χ4v) is 3.08. The highest BCUT2D eigenvalue weighted by Gasteiger charge is 2.28. The molecule has 0 radical (unpaired) electrons. The molecule has 2 rings (SSSR count). The van der Waals surface area contributed by atoms with E-state index in [0.717, 1.165) is 24.8 Å². The number of aliphatic hydroxyl groups is 1. The topological polar surface area (TPSA) is 66.8 Å². The Bertz CT molecular complexity index is 683. The van der Waals surface area contributed by atoms with E-state index >= 15 is 0 Å². The zero-order valence-corrected chi connectivity index (χ0v) is 16.2. The number of phenols is 1. The van der Waals surface area contributed by atoms with Crippen LogP contribution in [0.5, 0.6) is 5.75 Å². The van der Waals surface area contributed by atoms with Crippen molar-refractivity contribution in [2.45, 2.75) is 65.6 Å². The Morgan fingerprint density at radius 2 is 1.85 bits per heavy atom. The number of carbonyl (C=O) groups excluding carboxylic acids is 1. The minimum absolute atomic E-state index is 0.108. The van der Waals surface area contributed by atoms with Gasteiger partial charge in [0.05, 0.1) is 11.7 Å². The Morgan fingerprint density at radius 1 is 1.19 bits per heavy atom. The van der Waals surface area contributed by atoms with Crippen LogP contribution >= 0.6 is 0 Å². The van der Waals surface area contributed by atoms with Crippen LogP contribution in [0.3, 0.4) is 0 Å². The Hall–Kier alpha value is -2.07. The number of aromatic hydroxyl groups is 1. The number of hydrogen-bond acceptors (Lipinski definition) is 4. The van der Waals surface area contributed by atoms with Gasteiger partial charge in [-0.15, -0.1) is 0 Å². The summed E-state index contributed by atoms with van der Waals surface area (Å²) in [5.41, 5.74) is 2.29. The average Bonchev–Trinajstić information content (AvgIpc) is 2.59. The maximum Gasteiger partial charge on any atom is 0.338 e. The number of carbonyl (C=O) groups is 1. The molecule has 2 unspecified atom stereocenters. The van der Waals surface area contributed by atoms with E-state index in [1.807, 2.05) is 13.0 Å². The highest BCUT2D eigenvalue weighted by atomic mass is 16.5. The lowest BCUT2D eigenvalue weighted by Gasteiger charge is -2.29. The third kappa shape index (κ3) is 5.46. The van der Waals surface area contributed by atoms with Gasteiger partial charge >= 0.3 is 5.97 Å². The van der Waals surface area contributed by atoms with Crippen LogP contribution in [0.1, 0.15) is 63.7 Å². The van der Waals surface area contributed by atoms with Gasteiger partial charge in [0.1, 0.15) is 11.9 Å². The number of phenolic OH excluding ortho intramolecular Hbond substituents is 1. The molecule has 2 N–H and O–H groups in total. The summed E-state index contributed by atoms with van der Waals surface area (Å²) in [7, 11) is 0. The maximum absolute atomic E-state index is 12.5. The summed E-state index contributed by atoms with van der Waals surface area (Å²) in [4.78, 5) is 12.5. The van der Waals surface area contributed by atoms with Crippen molar-refractivity contribution < 1.29 is 19.7 Å². The van der Waals surface area contributed by atoms with Crippen LogP contribution in [0.4, 0.5) is 0 Å². The van der Waals surface area contributed by atoms with Gasteiger partial charge in [-0.2, -0.15) is 0 Å². The standard InChI is InChI=1S/C22H30O4/c1-15-6-5-13-22(3,4)20(24)14-16(2)19(12-7-15)26-21(25)17-8-10-18(23)11-9-17/h7-11,14,19-20,23-24H,5-6,12-13H2,1-4H3. The molecule has 0 aliphatic heterocycles. The van der Waals surface area contributed by atoms with Crippen LogP contribution in [0.15, 0.2) is 47.6 Å². The van der Waals surface area contributed by atoms with Gasteiger partial charge in [-0.05, 0) is 68.4 Å². The molecule has 0 saturated heterocycles. The van der Waals surface area contributed by atoms with Gasteiger partial charge in [0, 0.05) is 6.42 Å². The van der Waals surface area contributed by atoms with Crippen molar-refractivity contribution in [2.24, 2.45) is 5.41 Å². The number of ether oxygens (including phenoxy) is 1. The highest BCUT2D eigenvalue weighted by molar-refractivity contribution is 5.89. The second-order valence-electron chi connectivity index (χ2n) is 7.92. The number of rotatable bonds is 2. The first-order chi connectivity index (χ1) is 12.2. The van der Waals surface area contributed by atoms with Gasteiger partial charge in [0.15, 0.2) is 0 Å². The van der Waals surface area contributed by atoms with Gasteiger partial charge in [0.2, 0.25) is 0 Å². The number of aliphatic hydroxyl groups excluding tert-OH is 1. The van der Waals surface area contributed by atoms with Gasteiger partial charge < -0.3 is 14.9 Å². The maximum atomic E-state index is 12.5. The van der Waals surface area contributed by atoms with Crippen LogP contribution in [-0.4, -0.2) is 28.4 Å². The first-order valence-electron chi connectivity index (χ1n) is 9.21. The number of esters is 1. The molecule has 0 spiro atoms. The Morgan fingerprint density at radius 3 is 2.50 bits per heavy atom. The molecule has 0 amide bonds. The summed E-state index contributed by atoms with van der Waals surface area (Å²) in [5, 5.41) is 20.0. The molecule has 1 aromatic rings. The Labute approximate surface area is 156 Å². The van der Waals surface area contributed by atoms with Crippen molar-refractivity contribution in [3.63, 3.8) is 0 Å². The minimum Gasteiger partial charge on any atom is -0.508 e. The van der Waals surface area contributed by atoms with Crippen molar-refractivity contribution in [1.82, 2.24) is 0 Å². The van der Waals surface area contributed by atoms with Gasteiger partial charge in [0.25, 0.3) is 0 Å². The van der Waals surface area contributed by atoms with Crippen LogP contribution < -0.4 is 0 Å². The van der Waals surface area contributed by atoms with Gasteiger partial charge in [-0.3, -0.25) is 0 Å². The average molecular weight is 358 g/mol. The van der Waals surface area contributed by atoms with E-state index in [1.54, 1.807) is 12.1 Å². The van der Waals surface area contributed by atoms with E-state index in [2.05, 4.69) is 26.8 Å². The van der Waals surface area contributed by atoms with E-state index in [1.165, 1.54) is 17.7 Å². The lowest BCUT2D eigenvalue weighted by molar-refractivity contribution is 0.0368. The van der Waals surface area contributed by atoms with Crippen molar-refractivity contribution in [2.75, 3.05) is 0 Å². The fraction of sp³-hybridized carbons (Fsp3) is 0.500. The van der Waals surface area contributed by atoms with Gasteiger partial charge in [-0.1, -0.05) is 31.6 Å². The fourth-order valence-electron chi connectivity index (χ4n) is 3.08. The summed E-state index contributed by atoms with van der Waals surface area (Å²) in [6.07, 6.45) is 6.46. The number of allylic oxidation sites excluding steroid dienone is 1. The normalized spacial score (nSPS) is 24.0. The summed E-state index contributed by atoms with van der Waals surface area (Å²) in [5.74, 6) is -0.325. The molecule has 26 heavy (non-hydrogen) atoms. The third-order valence-corrected chi connectivity index (χ3v) is 5.15. The van der Waals surface area contributed by atoms with Crippen LogP contribution in [0.25, 0.3) is 0 Å². The molecule has 2 atom stereocenters. The molecular formula is C22H30O4. The zero-order valence-electron chi connectivity index (χ0n) is 16.2. The summed E-state index contributed by atoms with van der Waals surface area (Å²) in [6, 6.07) is 6.02. The number of benzene rings is 1. The smallest absolute Gasteiger partial charge is 0.338 e. The quantitative estimate of drug-likeness (QED) is 0.590. The van der Waals surface area contributed by atoms with E-state index in [0.29, 0.717) is 12.0 Å². The summed E-state index contributed by atoms with van der Waals surface area (Å²) >= 11 is 0. The molecule has 0 saturated carbocycles. The largest absolute Gasteiger partial charge is 0.508 e. The zero-order chi connectivity index (χ0) is 19.3. The summed E-state index contributed by atoms with van der Waals surface area (Å²) < 4.78 is 5.72. The number of hydrogen-bond donors (Lipinski definition) is 2. The monoisotopic (exact) mass is 358 g/mol. The molecule has 0 bridgehead atoms. The van der Waals surface area contributed by atoms with Crippen LogP contribution in [-0.2, 0) is 4.74 Å². The van der Waals surface area contributed by atoms with E-state index in [9.17, 15) is 15.0 Å². The Balaban J connectivity index is 2.25. The minimum atomic E-state index is -0.587. The highest BCUT2D eigenvalue weighted by Crippen LogP contribution is 2.31. The van der Waals surface area contributed by atoms with E-state index < -0.39 is 18.2 Å². The molecule has 4 nitrogen and oxygen atoms in total. The first-order valence-corrected chi connectivity index (χ1v) is 9.21.